The minimum Gasteiger partial charge on any atom is -0.425 e. The average Bonchev–Trinajstić information content (AvgIpc) is 2.52. The van der Waals surface area contributed by atoms with Crippen LogP contribution in [-0.4, -0.2) is 18.4 Å². The van der Waals surface area contributed by atoms with Gasteiger partial charge in [0.2, 0.25) is 0 Å². The van der Waals surface area contributed by atoms with Crippen molar-refractivity contribution in [3.8, 4) is 5.75 Å². The third-order valence-corrected chi connectivity index (χ3v) is 4.00. The van der Waals surface area contributed by atoms with Crippen LogP contribution in [0, 0.1) is 0 Å². The maximum Gasteiger partial charge on any atom is 0.313 e. The van der Waals surface area contributed by atoms with Crippen LogP contribution in [0.1, 0.15) is 16.8 Å². The van der Waals surface area contributed by atoms with Gasteiger partial charge in [0, 0.05) is 6.54 Å². The molecule has 0 saturated carbocycles. The minimum atomic E-state index is -0.534. The Kier molecular flexibility index (Phi) is 6.28. The normalized spacial score (nSPS) is 10.2. The van der Waals surface area contributed by atoms with Crippen molar-refractivity contribution in [2.45, 2.75) is 6.42 Å². The van der Waals surface area contributed by atoms with Gasteiger partial charge < -0.3 is 10.1 Å². The molecule has 1 N–H and O–H groups in total. The Balaban J connectivity index is 1.84. The largest absolute Gasteiger partial charge is 0.425 e. The summed E-state index contributed by atoms with van der Waals surface area (Å²) >= 11 is 17.7. The van der Waals surface area contributed by atoms with Crippen LogP contribution in [-0.2, 0) is 4.79 Å². The minimum absolute atomic E-state index is 0.0148. The summed E-state index contributed by atoms with van der Waals surface area (Å²) < 4.78 is 5.10. The van der Waals surface area contributed by atoms with Crippen molar-refractivity contribution < 1.29 is 14.3 Å². The number of nitrogens with one attached hydrogen (secondary N) is 1. The topological polar surface area (TPSA) is 55.4 Å². The van der Waals surface area contributed by atoms with Crippen LogP contribution < -0.4 is 10.1 Å². The molecular weight excluding hydrogens is 361 g/mol. The first kappa shape index (κ1) is 17.6. The van der Waals surface area contributed by atoms with E-state index in [4.69, 9.17) is 39.5 Å². The van der Waals surface area contributed by atoms with Gasteiger partial charge in [-0.2, -0.15) is 0 Å². The highest BCUT2D eigenvalue weighted by Gasteiger charge is 2.12. The van der Waals surface area contributed by atoms with Gasteiger partial charge >= 0.3 is 5.97 Å². The van der Waals surface area contributed by atoms with E-state index in [1.165, 1.54) is 6.07 Å². The molecule has 2 aromatic rings. The molecule has 0 aliphatic carbocycles. The molecule has 0 radical (unpaired) electrons. The van der Waals surface area contributed by atoms with Crippen LogP contribution in [0.2, 0.25) is 15.1 Å². The van der Waals surface area contributed by atoms with E-state index in [1.54, 1.807) is 36.4 Å². The zero-order valence-corrected chi connectivity index (χ0v) is 14.1. The number of carbonyl (C=O) groups excluding carboxylic acids is 2. The second kappa shape index (κ2) is 8.20. The molecule has 0 fully saturated rings. The molecular formula is C16H12Cl3NO3. The van der Waals surface area contributed by atoms with Gasteiger partial charge in [-0.05, 0) is 24.3 Å². The highest BCUT2D eigenvalue weighted by atomic mass is 35.5. The number of amides is 1. The van der Waals surface area contributed by atoms with Crippen LogP contribution >= 0.6 is 34.8 Å². The molecule has 0 spiro atoms. The van der Waals surface area contributed by atoms with Crippen LogP contribution in [0.4, 0.5) is 0 Å². The summed E-state index contributed by atoms with van der Waals surface area (Å²) in [7, 11) is 0. The second-order valence-electron chi connectivity index (χ2n) is 4.51. The Bertz CT molecular complexity index is 734. The predicted molar refractivity (Wildman–Crippen MR) is 90.5 cm³/mol. The van der Waals surface area contributed by atoms with E-state index in [0.29, 0.717) is 15.6 Å². The molecule has 120 valence electrons. The summed E-state index contributed by atoms with van der Waals surface area (Å²) in [5.74, 6) is -0.709. The summed E-state index contributed by atoms with van der Waals surface area (Å²) in [6.07, 6.45) is -0.0148. The summed E-state index contributed by atoms with van der Waals surface area (Å²) in [4.78, 5) is 23.7. The standard InChI is InChI=1S/C16H12Cl3NO3/c17-11-5-2-1-4-10(11)16(22)20-9-8-14(21)23-13-7-3-6-12(18)15(13)19/h1-7H,8-9H2,(H,20,22). The fraction of sp³-hybridized carbons (Fsp3) is 0.125. The quantitative estimate of drug-likeness (QED) is 0.626. The Labute approximate surface area is 148 Å². The molecule has 4 nitrogen and oxygen atoms in total. The molecule has 2 rings (SSSR count). The fourth-order valence-corrected chi connectivity index (χ4v) is 2.31. The monoisotopic (exact) mass is 371 g/mol. The van der Waals surface area contributed by atoms with Gasteiger partial charge in [-0.1, -0.05) is 53.0 Å². The fourth-order valence-electron chi connectivity index (χ4n) is 1.76. The van der Waals surface area contributed by atoms with E-state index in [1.807, 2.05) is 0 Å². The molecule has 0 bridgehead atoms. The van der Waals surface area contributed by atoms with Crippen LogP contribution in [0.15, 0.2) is 42.5 Å². The van der Waals surface area contributed by atoms with Crippen LogP contribution in [0.5, 0.6) is 5.75 Å². The van der Waals surface area contributed by atoms with E-state index in [0.717, 1.165) is 0 Å². The van der Waals surface area contributed by atoms with Crippen LogP contribution in [0.25, 0.3) is 0 Å². The molecule has 0 aliphatic rings. The highest BCUT2D eigenvalue weighted by molar-refractivity contribution is 6.43. The van der Waals surface area contributed by atoms with E-state index in [9.17, 15) is 9.59 Å². The van der Waals surface area contributed by atoms with Crippen molar-refractivity contribution in [1.82, 2.24) is 5.32 Å². The summed E-state index contributed by atoms with van der Waals surface area (Å²) in [5.41, 5.74) is 0.348. The third kappa shape index (κ3) is 4.86. The van der Waals surface area contributed by atoms with E-state index in [2.05, 4.69) is 5.32 Å². The molecule has 2 aromatic carbocycles. The van der Waals surface area contributed by atoms with Crippen molar-refractivity contribution in [3.63, 3.8) is 0 Å². The lowest BCUT2D eigenvalue weighted by molar-refractivity contribution is -0.134. The van der Waals surface area contributed by atoms with Crippen molar-refractivity contribution in [2.24, 2.45) is 0 Å². The number of rotatable bonds is 5. The molecule has 23 heavy (non-hydrogen) atoms. The number of carbonyl (C=O) groups is 2. The Morgan fingerprint density at radius 2 is 1.65 bits per heavy atom. The maximum absolute atomic E-state index is 11.9. The number of ether oxygens (including phenoxy) is 1. The SMILES string of the molecule is O=C(CCNC(=O)c1ccccc1Cl)Oc1cccc(Cl)c1Cl. The molecule has 1 amide bonds. The van der Waals surface area contributed by atoms with Crippen molar-refractivity contribution in [1.29, 1.82) is 0 Å². The molecule has 0 aromatic heterocycles. The highest BCUT2D eigenvalue weighted by Crippen LogP contribution is 2.31. The van der Waals surface area contributed by atoms with Crippen molar-refractivity contribution in [2.75, 3.05) is 6.54 Å². The zero-order chi connectivity index (χ0) is 16.8. The van der Waals surface area contributed by atoms with Crippen molar-refractivity contribution in [3.05, 3.63) is 63.1 Å². The Morgan fingerprint density at radius 1 is 0.957 bits per heavy atom. The first-order valence-corrected chi connectivity index (χ1v) is 7.80. The lowest BCUT2D eigenvalue weighted by Gasteiger charge is -2.08. The smallest absolute Gasteiger partial charge is 0.313 e. The molecule has 7 heteroatoms. The first-order chi connectivity index (χ1) is 11.0. The van der Waals surface area contributed by atoms with Gasteiger partial charge in [-0.15, -0.1) is 0 Å². The van der Waals surface area contributed by atoms with Gasteiger partial charge in [0.25, 0.3) is 5.91 Å². The van der Waals surface area contributed by atoms with Gasteiger partial charge in [-0.3, -0.25) is 9.59 Å². The lowest BCUT2D eigenvalue weighted by atomic mass is 10.2. The number of hydrogen-bond acceptors (Lipinski definition) is 3. The second-order valence-corrected chi connectivity index (χ2v) is 5.70. The summed E-state index contributed by atoms with van der Waals surface area (Å²) in [6.45, 7) is 0.112. The van der Waals surface area contributed by atoms with E-state index >= 15 is 0 Å². The lowest BCUT2D eigenvalue weighted by Crippen LogP contribution is -2.27. The number of esters is 1. The van der Waals surface area contributed by atoms with E-state index in [-0.39, 0.29) is 29.6 Å². The Morgan fingerprint density at radius 3 is 2.39 bits per heavy atom. The van der Waals surface area contributed by atoms with Gasteiger partial charge in [0.05, 0.1) is 22.0 Å². The average molecular weight is 373 g/mol. The zero-order valence-electron chi connectivity index (χ0n) is 11.8. The van der Waals surface area contributed by atoms with Crippen molar-refractivity contribution >= 4 is 46.7 Å². The molecule has 0 unspecified atom stereocenters. The molecule has 0 heterocycles. The van der Waals surface area contributed by atoms with Gasteiger partial charge in [-0.25, -0.2) is 0 Å². The number of halogens is 3. The van der Waals surface area contributed by atoms with Gasteiger partial charge in [0.15, 0.2) is 5.75 Å². The van der Waals surface area contributed by atoms with Crippen LogP contribution in [0.3, 0.4) is 0 Å². The Hall–Kier alpha value is -1.75. The number of benzene rings is 2. The number of hydrogen-bond donors (Lipinski definition) is 1. The summed E-state index contributed by atoms with van der Waals surface area (Å²) in [6, 6.07) is 11.4. The molecule has 0 saturated heterocycles. The predicted octanol–water partition coefficient (Wildman–Crippen LogP) is 4.37. The van der Waals surface area contributed by atoms with E-state index < -0.39 is 5.97 Å². The van der Waals surface area contributed by atoms with Gasteiger partial charge in [0.1, 0.15) is 5.02 Å². The molecule has 0 atom stereocenters. The third-order valence-electron chi connectivity index (χ3n) is 2.87. The summed E-state index contributed by atoms with van der Waals surface area (Å²) in [5, 5.41) is 3.41. The first-order valence-electron chi connectivity index (χ1n) is 6.66. The maximum atomic E-state index is 11.9. The molecule has 0 aliphatic heterocycles.